The van der Waals surface area contributed by atoms with Crippen LogP contribution in [0.1, 0.15) is 37.7 Å². The van der Waals surface area contributed by atoms with Gasteiger partial charge in [0.05, 0.1) is 6.54 Å². The van der Waals surface area contributed by atoms with E-state index in [1.165, 1.54) is 0 Å². The Morgan fingerprint density at radius 3 is 2.62 bits per heavy atom. The number of hydrogen-bond acceptors (Lipinski definition) is 2. The summed E-state index contributed by atoms with van der Waals surface area (Å²) in [6.45, 7) is 5.26. The Balaban J connectivity index is 2.63. The highest BCUT2D eigenvalue weighted by molar-refractivity contribution is 5.10. The van der Waals surface area contributed by atoms with Gasteiger partial charge in [-0.15, -0.1) is 0 Å². The van der Waals surface area contributed by atoms with Crippen LogP contribution in [0.25, 0.3) is 0 Å². The number of hydrogen-bond donors (Lipinski definition) is 0. The second kappa shape index (κ2) is 4.47. The third-order valence-corrected chi connectivity index (χ3v) is 2.25. The molecule has 1 unspecified atom stereocenters. The van der Waals surface area contributed by atoms with Crippen molar-refractivity contribution in [1.29, 1.82) is 0 Å². The van der Waals surface area contributed by atoms with E-state index >= 15 is 0 Å². The summed E-state index contributed by atoms with van der Waals surface area (Å²) in [5.74, 6) is 2.70. The molecule has 0 aliphatic heterocycles. The average molecular weight is 181 g/mol. The van der Waals surface area contributed by atoms with Crippen LogP contribution in [-0.2, 0) is 6.54 Å². The average Bonchev–Trinajstić information content (AvgIpc) is 2.50. The second-order valence-electron chi connectivity index (χ2n) is 3.85. The minimum absolute atomic E-state index is 0.538. The molecule has 0 fully saturated rings. The molecule has 0 aliphatic rings. The van der Waals surface area contributed by atoms with E-state index in [2.05, 4.69) is 30.9 Å². The molecule has 13 heavy (non-hydrogen) atoms. The van der Waals surface area contributed by atoms with Gasteiger partial charge in [-0.05, 0) is 32.6 Å². The highest BCUT2D eigenvalue weighted by atomic mass is 16.3. The van der Waals surface area contributed by atoms with Gasteiger partial charge < -0.3 is 9.32 Å². The molecule has 1 aromatic heterocycles. The summed E-state index contributed by atoms with van der Waals surface area (Å²) in [6, 6.07) is 4.16. The molecule has 74 valence electrons. The molecular formula is C11H19NO. The van der Waals surface area contributed by atoms with Gasteiger partial charge in [-0.3, -0.25) is 0 Å². The fourth-order valence-corrected chi connectivity index (χ4v) is 1.26. The van der Waals surface area contributed by atoms with Crippen molar-refractivity contribution >= 4 is 0 Å². The van der Waals surface area contributed by atoms with E-state index in [0.29, 0.717) is 5.92 Å². The van der Waals surface area contributed by atoms with Crippen molar-refractivity contribution in [3.63, 3.8) is 0 Å². The molecular weight excluding hydrogens is 162 g/mol. The quantitative estimate of drug-likeness (QED) is 0.710. The summed E-state index contributed by atoms with van der Waals surface area (Å²) in [7, 11) is 4.09. The van der Waals surface area contributed by atoms with Gasteiger partial charge in [-0.25, -0.2) is 0 Å². The summed E-state index contributed by atoms with van der Waals surface area (Å²) in [6.07, 6.45) is 1.13. The van der Waals surface area contributed by atoms with Crippen LogP contribution < -0.4 is 0 Å². The summed E-state index contributed by atoms with van der Waals surface area (Å²) in [4.78, 5) is 2.11. The summed E-state index contributed by atoms with van der Waals surface area (Å²) in [5, 5.41) is 0. The Morgan fingerprint density at radius 2 is 2.08 bits per heavy atom. The lowest BCUT2D eigenvalue weighted by molar-refractivity contribution is 0.335. The normalized spacial score (nSPS) is 13.6. The Labute approximate surface area is 80.5 Å². The van der Waals surface area contributed by atoms with Crippen molar-refractivity contribution < 1.29 is 4.42 Å². The SMILES string of the molecule is CCC(C)c1ccc(CN(C)C)o1. The Morgan fingerprint density at radius 1 is 1.38 bits per heavy atom. The molecule has 0 spiro atoms. The van der Waals surface area contributed by atoms with Crippen molar-refractivity contribution in [2.24, 2.45) is 0 Å². The van der Waals surface area contributed by atoms with Crippen molar-refractivity contribution in [2.45, 2.75) is 32.7 Å². The van der Waals surface area contributed by atoms with Crippen molar-refractivity contribution in [3.05, 3.63) is 23.7 Å². The molecule has 1 atom stereocenters. The maximum absolute atomic E-state index is 5.71. The first-order chi connectivity index (χ1) is 6.13. The zero-order valence-electron chi connectivity index (χ0n) is 9.00. The van der Waals surface area contributed by atoms with E-state index < -0.39 is 0 Å². The third-order valence-electron chi connectivity index (χ3n) is 2.25. The molecule has 0 aromatic carbocycles. The first kappa shape index (κ1) is 10.3. The van der Waals surface area contributed by atoms with E-state index in [0.717, 1.165) is 24.5 Å². The topological polar surface area (TPSA) is 16.4 Å². The van der Waals surface area contributed by atoms with Gasteiger partial charge in [0.2, 0.25) is 0 Å². The lowest BCUT2D eigenvalue weighted by Crippen LogP contribution is -2.09. The Hall–Kier alpha value is -0.760. The molecule has 0 saturated heterocycles. The van der Waals surface area contributed by atoms with Crippen LogP contribution in [0, 0.1) is 0 Å². The van der Waals surface area contributed by atoms with Gasteiger partial charge >= 0.3 is 0 Å². The van der Waals surface area contributed by atoms with E-state index in [-0.39, 0.29) is 0 Å². The lowest BCUT2D eigenvalue weighted by atomic mass is 10.1. The van der Waals surface area contributed by atoms with Gasteiger partial charge in [-0.2, -0.15) is 0 Å². The first-order valence-electron chi connectivity index (χ1n) is 4.86. The predicted octanol–water partition coefficient (Wildman–Crippen LogP) is 2.85. The van der Waals surface area contributed by atoms with E-state index in [9.17, 15) is 0 Å². The molecule has 0 amide bonds. The van der Waals surface area contributed by atoms with Crippen molar-refractivity contribution in [2.75, 3.05) is 14.1 Å². The standard InChI is InChI=1S/C11H19NO/c1-5-9(2)11-7-6-10(13-11)8-12(3)4/h6-7,9H,5,8H2,1-4H3. The molecule has 0 N–H and O–H groups in total. The van der Waals surface area contributed by atoms with Crippen LogP contribution in [0.5, 0.6) is 0 Å². The molecule has 0 saturated carbocycles. The Bertz CT molecular complexity index is 252. The van der Waals surface area contributed by atoms with Crippen LogP contribution in [0.15, 0.2) is 16.5 Å². The van der Waals surface area contributed by atoms with Crippen molar-refractivity contribution in [3.8, 4) is 0 Å². The van der Waals surface area contributed by atoms with Gasteiger partial charge in [0.15, 0.2) is 0 Å². The van der Waals surface area contributed by atoms with Crippen LogP contribution in [0.4, 0.5) is 0 Å². The molecule has 2 nitrogen and oxygen atoms in total. The Kier molecular flexibility index (Phi) is 3.55. The highest BCUT2D eigenvalue weighted by Gasteiger charge is 2.08. The molecule has 0 radical (unpaired) electrons. The maximum Gasteiger partial charge on any atom is 0.118 e. The second-order valence-corrected chi connectivity index (χ2v) is 3.85. The fraction of sp³-hybridized carbons (Fsp3) is 0.636. The molecule has 0 bridgehead atoms. The van der Waals surface area contributed by atoms with E-state index in [1.54, 1.807) is 0 Å². The summed E-state index contributed by atoms with van der Waals surface area (Å²) >= 11 is 0. The fourth-order valence-electron chi connectivity index (χ4n) is 1.26. The smallest absolute Gasteiger partial charge is 0.118 e. The van der Waals surface area contributed by atoms with E-state index in [1.807, 2.05) is 14.1 Å². The molecule has 0 aliphatic carbocycles. The molecule has 1 heterocycles. The molecule has 1 rings (SSSR count). The van der Waals surface area contributed by atoms with Crippen LogP contribution in [0.2, 0.25) is 0 Å². The summed E-state index contributed by atoms with van der Waals surface area (Å²) < 4.78 is 5.71. The largest absolute Gasteiger partial charge is 0.464 e. The first-order valence-corrected chi connectivity index (χ1v) is 4.86. The van der Waals surface area contributed by atoms with Gasteiger partial charge in [0.1, 0.15) is 11.5 Å². The monoisotopic (exact) mass is 181 g/mol. The maximum atomic E-state index is 5.71. The zero-order valence-corrected chi connectivity index (χ0v) is 9.00. The van der Waals surface area contributed by atoms with Gasteiger partial charge in [0.25, 0.3) is 0 Å². The van der Waals surface area contributed by atoms with Gasteiger partial charge in [0, 0.05) is 5.92 Å². The number of nitrogens with zero attached hydrogens (tertiary/aromatic N) is 1. The third kappa shape index (κ3) is 2.88. The van der Waals surface area contributed by atoms with Gasteiger partial charge in [-0.1, -0.05) is 13.8 Å². The van der Waals surface area contributed by atoms with Crippen LogP contribution >= 0.6 is 0 Å². The zero-order chi connectivity index (χ0) is 9.84. The molecule has 2 heteroatoms. The number of furan rings is 1. The predicted molar refractivity (Wildman–Crippen MR) is 54.8 cm³/mol. The highest BCUT2D eigenvalue weighted by Crippen LogP contribution is 2.21. The minimum atomic E-state index is 0.538. The minimum Gasteiger partial charge on any atom is -0.464 e. The molecule has 1 aromatic rings. The van der Waals surface area contributed by atoms with E-state index in [4.69, 9.17) is 4.42 Å². The van der Waals surface area contributed by atoms with Crippen molar-refractivity contribution in [1.82, 2.24) is 4.90 Å². The number of rotatable bonds is 4. The lowest BCUT2D eigenvalue weighted by Gasteiger charge is -2.07. The summed E-state index contributed by atoms with van der Waals surface area (Å²) in [5.41, 5.74) is 0. The van der Waals surface area contributed by atoms with Crippen LogP contribution in [0.3, 0.4) is 0 Å². The van der Waals surface area contributed by atoms with Crippen LogP contribution in [-0.4, -0.2) is 19.0 Å².